The summed E-state index contributed by atoms with van der Waals surface area (Å²) in [5, 5.41) is 3.19. The Kier molecular flexibility index (Phi) is 4.42. The Labute approximate surface area is 114 Å². The third-order valence-corrected chi connectivity index (χ3v) is 3.08. The molecule has 0 aliphatic carbocycles. The van der Waals surface area contributed by atoms with Gasteiger partial charge in [-0.2, -0.15) is 0 Å². The van der Waals surface area contributed by atoms with Crippen molar-refractivity contribution in [2.45, 2.75) is 6.54 Å². The minimum absolute atomic E-state index is 0.804. The minimum Gasteiger partial charge on any atom is -0.497 e. The molecule has 2 aromatic carbocycles. The van der Waals surface area contributed by atoms with Crippen LogP contribution in [0.25, 0.3) is 11.1 Å². The van der Waals surface area contributed by atoms with Gasteiger partial charge >= 0.3 is 0 Å². The Morgan fingerprint density at radius 2 is 1.53 bits per heavy atom. The molecule has 1 N–H and O–H groups in total. The fourth-order valence-electron chi connectivity index (χ4n) is 2.09. The van der Waals surface area contributed by atoms with Crippen molar-refractivity contribution < 1.29 is 9.47 Å². The van der Waals surface area contributed by atoms with Gasteiger partial charge in [0.2, 0.25) is 0 Å². The molecule has 0 unspecified atom stereocenters. The maximum Gasteiger partial charge on any atom is 0.119 e. The number of benzene rings is 2. The largest absolute Gasteiger partial charge is 0.497 e. The second-order valence-corrected chi connectivity index (χ2v) is 4.28. The fraction of sp³-hybridized carbons (Fsp3) is 0.250. The van der Waals surface area contributed by atoms with Crippen LogP contribution in [0.1, 0.15) is 5.56 Å². The second kappa shape index (κ2) is 6.25. The van der Waals surface area contributed by atoms with Gasteiger partial charge in [0.15, 0.2) is 0 Å². The Balaban J connectivity index is 2.41. The molecule has 3 heteroatoms. The number of methoxy groups -OCH3 is 2. The van der Waals surface area contributed by atoms with Crippen LogP contribution in [0.3, 0.4) is 0 Å². The van der Waals surface area contributed by atoms with Crippen molar-refractivity contribution in [2.24, 2.45) is 0 Å². The van der Waals surface area contributed by atoms with E-state index in [1.54, 1.807) is 14.2 Å². The van der Waals surface area contributed by atoms with Crippen molar-refractivity contribution in [2.75, 3.05) is 21.3 Å². The number of ether oxygens (including phenoxy) is 2. The van der Waals surface area contributed by atoms with Crippen molar-refractivity contribution in [1.29, 1.82) is 0 Å². The summed E-state index contributed by atoms with van der Waals surface area (Å²) in [5.74, 6) is 1.75. The average molecular weight is 257 g/mol. The highest BCUT2D eigenvalue weighted by Crippen LogP contribution is 2.28. The number of rotatable bonds is 5. The van der Waals surface area contributed by atoms with Crippen LogP contribution in [-0.2, 0) is 6.54 Å². The molecule has 3 nitrogen and oxygen atoms in total. The summed E-state index contributed by atoms with van der Waals surface area (Å²) in [7, 11) is 5.30. The van der Waals surface area contributed by atoms with E-state index in [1.807, 2.05) is 25.2 Å². The molecule has 0 aliphatic heterocycles. The Morgan fingerprint density at radius 3 is 2.11 bits per heavy atom. The molecule has 19 heavy (non-hydrogen) atoms. The summed E-state index contributed by atoms with van der Waals surface area (Å²) in [6.45, 7) is 0.804. The molecule has 0 saturated heterocycles. The highest BCUT2D eigenvalue weighted by Gasteiger charge is 2.06. The van der Waals surface area contributed by atoms with Crippen molar-refractivity contribution in [3.63, 3.8) is 0 Å². The van der Waals surface area contributed by atoms with Gasteiger partial charge in [-0.25, -0.2) is 0 Å². The lowest BCUT2D eigenvalue weighted by molar-refractivity contribution is 0.414. The predicted octanol–water partition coefficient (Wildman–Crippen LogP) is 3.09. The highest BCUT2D eigenvalue weighted by atomic mass is 16.5. The van der Waals surface area contributed by atoms with Crippen LogP contribution in [0.5, 0.6) is 11.5 Å². The normalized spacial score (nSPS) is 10.3. The van der Waals surface area contributed by atoms with Crippen LogP contribution in [-0.4, -0.2) is 21.3 Å². The monoisotopic (exact) mass is 257 g/mol. The van der Waals surface area contributed by atoms with Crippen LogP contribution in [0.15, 0.2) is 42.5 Å². The standard InChI is InChI=1S/C16H19NO2/c1-17-11-13-10-15(19-3)8-9-16(13)12-4-6-14(18-2)7-5-12/h4-10,17H,11H2,1-3H3. The maximum atomic E-state index is 5.28. The van der Waals surface area contributed by atoms with Gasteiger partial charge < -0.3 is 14.8 Å². The van der Waals surface area contributed by atoms with Gasteiger partial charge in [0, 0.05) is 6.54 Å². The van der Waals surface area contributed by atoms with Crippen molar-refractivity contribution in [3.8, 4) is 22.6 Å². The molecular formula is C16H19NO2. The van der Waals surface area contributed by atoms with E-state index in [4.69, 9.17) is 9.47 Å². The molecule has 0 amide bonds. The van der Waals surface area contributed by atoms with Crippen molar-refractivity contribution in [3.05, 3.63) is 48.0 Å². The molecule has 0 bridgehead atoms. The first-order valence-electron chi connectivity index (χ1n) is 6.24. The van der Waals surface area contributed by atoms with Gasteiger partial charge in [-0.3, -0.25) is 0 Å². The molecule has 0 radical (unpaired) electrons. The molecule has 0 fully saturated rings. The lowest BCUT2D eigenvalue weighted by atomic mass is 9.99. The summed E-state index contributed by atoms with van der Waals surface area (Å²) in [4.78, 5) is 0. The maximum absolute atomic E-state index is 5.28. The van der Waals surface area contributed by atoms with E-state index in [0.717, 1.165) is 18.0 Å². The molecule has 0 spiro atoms. The van der Waals surface area contributed by atoms with Gasteiger partial charge in [0.05, 0.1) is 14.2 Å². The van der Waals surface area contributed by atoms with Crippen LogP contribution < -0.4 is 14.8 Å². The fourth-order valence-corrected chi connectivity index (χ4v) is 2.09. The Hall–Kier alpha value is -2.00. The zero-order valence-electron chi connectivity index (χ0n) is 11.6. The third-order valence-electron chi connectivity index (χ3n) is 3.08. The SMILES string of the molecule is CNCc1cc(OC)ccc1-c1ccc(OC)cc1. The average Bonchev–Trinajstić information content (AvgIpc) is 2.47. The molecule has 0 aliphatic rings. The van der Waals surface area contributed by atoms with E-state index < -0.39 is 0 Å². The molecule has 2 aromatic rings. The summed E-state index contributed by atoms with van der Waals surface area (Å²) in [5.41, 5.74) is 3.60. The summed E-state index contributed by atoms with van der Waals surface area (Å²) < 4.78 is 10.5. The highest BCUT2D eigenvalue weighted by molar-refractivity contribution is 5.69. The summed E-state index contributed by atoms with van der Waals surface area (Å²) in [6.07, 6.45) is 0. The van der Waals surface area contributed by atoms with Gasteiger partial charge in [0.25, 0.3) is 0 Å². The zero-order valence-corrected chi connectivity index (χ0v) is 11.6. The lowest BCUT2D eigenvalue weighted by Crippen LogP contribution is -2.06. The topological polar surface area (TPSA) is 30.5 Å². The zero-order chi connectivity index (χ0) is 13.7. The predicted molar refractivity (Wildman–Crippen MR) is 77.7 cm³/mol. The molecule has 100 valence electrons. The molecule has 2 rings (SSSR count). The second-order valence-electron chi connectivity index (χ2n) is 4.28. The van der Waals surface area contributed by atoms with E-state index in [0.29, 0.717) is 0 Å². The van der Waals surface area contributed by atoms with Crippen LogP contribution in [0.2, 0.25) is 0 Å². The number of hydrogen-bond donors (Lipinski definition) is 1. The van der Waals surface area contributed by atoms with Crippen molar-refractivity contribution in [1.82, 2.24) is 5.32 Å². The van der Waals surface area contributed by atoms with Crippen molar-refractivity contribution >= 4 is 0 Å². The molecule has 0 heterocycles. The van der Waals surface area contributed by atoms with Crippen LogP contribution in [0, 0.1) is 0 Å². The number of hydrogen-bond acceptors (Lipinski definition) is 3. The van der Waals surface area contributed by atoms with E-state index >= 15 is 0 Å². The first kappa shape index (κ1) is 13.4. The van der Waals surface area contributed by atoms with E-state index in [1.165, 1.54) is 16.7 Å². The Bertz CT molecular complexity index is 535. The van der Waals surface area contributed by atoms with Gasteiger partial charge in [-0.05, 0) is 48.0 Å². The van der Waals surface area contributed by atoms with Gasteiger partial charge in [0.1, 0.15) is 11.5 Å². The number of nitrogens with one attached hydrogen (secondary N) is 1. The molecule has 0 saturated carbocycles. The molecule has 0 atom stereocenters. The lowest BCUT2D eigenvalue weighted by Gasteiger charge is -2.12. The van der Waals surface area contributed by atoms with Gasteiger partial charge in [-0.1, -0.05) is 18.2 Å². The van der Waals surface area contributed by atoms with Crippen LogP contribution >= 0.6 is 0 Å². The van der Waals surface area contributed by atoms with Crippen LogP contribution in [0.4, 0.5) is 0 Å². The molecular weight excluding hydrogens is 238 g/mol. The van der Waals surface area contributed by atoms with Gasteiger partial charge in [-0.15, -0.1) is 0 Å². The minimum atomic E-state index is 0.804. The summed E-state index contributed by atoms with van der Waals surface area (Å²) in [6, 6.07) is 14.2. The van der Waals surface area contributed by atoms with E-state index in [9.17, 15) is 0 Å². The summed E-state index contributed by atoms with van der Waals surface area (Å²) >= 11 is 0. The smallest absolute Gasteiger partial charge is 0.119 e. The van der Waals surface area contributed by atoms with E-state index in [2.05, 4.69) is 29.6 Å². The third kappa shape index (κ3) is 3.06. The first-order valence-corrected chi connectivity index (χ1v) is 6.24. The molecule has 0 aromatic heterocycles. The first-order chi connectivity index (χ1) is 9.28. The Morgan fingerprint density at radius 1 is 0.895 bits per heavy atom. The quantitative estimate of drug-likeness (QED) is 0.893. The van der Waals surface area contributed by atoms with E-state index in [-0.39, 0.29) is 0 Å².